The number of amides is 2. The second-order valence-corrected chi connectivity index (χ2v) is 10.9. The van der Waals surface area contributed by atoms with Crippen LogP contribution in [0, 0.1) is 18.7 Å². The van der Waals surface area contributed by atoms with E-state index >= 15 is 0 Å². The van der Waals surface area contributed by atoms with Crippen molar-refractivity contribution in [3.8, 4) is 0 Å². The van der Waals surface area contributed by atoms with Gasteiger partial charge in [0.15, 0.2) is 0 Å². The minimum Gasteiger partial charge on any atom is -0.369 e. The summed E-state index contributed by atoms with van der Waals surface area (Å²) < 4.78 is 57.8. The van der Waals surface area contributed by atoms with Crippen LogP contribution in [-0.4, -0.2) is 39.8 Å². The molecule has 1 aliphatic carbocycles. The monoisotopic (exact) mass is 541 g/mol. The lowest BCUT2D eigenvalue weighted by Gasteiger charge is -2.43. The Morgan fingerprint density at radius 3 is 2.44 bits per heavy atom. The van der Waals surface area contributed by atoms with Gasteiger partial charge in [-0.25, -0.2) is 9.18 Å². The van der Waals surface area contributed by atoms with Crippen molar-refractivity contribution in [1.29, 1.82) is 0 Å². The number of rotatable bonds is 6. The highest BCUT2D eigenvalue weighted by Crippen LogP contribution is 2.38. The number of fused-ring (bicyclic) bond motifs is 1. The first-order chi connectivity index (χ1) is 18.7. The SMILES string of the molecule is Cc1cccc(F)c1N1CCC(N2Cc3nn(CC4CC4)cc3N(Cc3ccccc3C(F)(F)F)C2=O)CC1. The van der Waals surface area contributed by atoms with Crippen molar-refractivity contribution < 1.29 is 22.4 Å². The largest absolute Gasteiger partial charge is 0.416 e. The molecule has 2 aromatic carbocycles. The number of carbonyl (C=O) groups excluding carboxylic acids is 1. The van der Waals surface area contributed by atoms with E-state index in [1.807, 2.05) is 28.8 Å². The molecule has 2 amide bonds. The molecule has 0 bridgehead atoms. The van der Waals surface area contributed by atoms with Gasteiger partial charge in [-0.15, -0.1) is 0 Å². The van der Waals surface area contributed by atoms with Gasteiger partial charge in [0.2, 0.25) is 0 Å². The second kappa shape index (κ2) is 9.88. The molecule has 2 fully saturated rings. The maximum Gasteiger partial charge on any atom is 0.416 e. The van der Waals surface area contributed by atoms with Crippen molar-refractivity contribution in [3.63, 3.8) is 0 Å². The van der Waals surface area contributed by atoms with Gasteiger partial charge >= 0.3 is 12.2 Å². The summed E-state index contributed by atoms with van der Waals surface area (Å²) >= 11 is 0. The van der Waals surface area contributed by atoms with Crippen LogP contribution in [0.2, 0.25) is 0 Å². The molecule has 0 atom stereocenters. The van der Waals surface area contributed by atoms with Crippen LogP contribution < -0.4 is 9.80 Å². The minimum atomic E-state index is -4.52. The van der Waals surface area contributed by atoms with Gasteiger partial charge < -0.3 is 9.80 Å². The van der Waals surface area contributed by atoms with Crippen molar-refractivity contribution in [2.24, 2.45) is 5.92 Å². The Labute approximate surface area is 224 Å². The molecule has 39 heavy (non-hydrogen) atoms. The summed E-state index contributed by atoms with van der Waals surface area (Å²) in [6.45, 7) is 3.91. The fraction of sp³-hybridized carbons (Fsp3) is 0.448. The number of para-hydroxylation sites is 1. The summed E-state index contributed by atoms with van der Waals surface area (Å²) in [6.07, 6.45) is 0.820. The van der Waals surface area contributed by atoms with Crippen molar-refractivity contribution >= 4 is 17.4 Å². The summed E-state index contributed by atoms with van der Waals surface area (Å²) in [5.74, 6) is 0.298. The predicted octanol–water partition coefficient (Wildman–Crippen LogP) is 6.37. The van der Waals surface area contributed by atoms with E-state index in [1.165, 1.54) is 23.1 Å². The Morgan fingerprint density at radius 1 is 1.00 bits per heavy atom. The molecule has 3 heterocycles. The lowest BCUT2D eigenvalue weighted by Crippen LogP contribution is -2.54. The van der Waals surface area contributed by atoms with Crippen LogP contribution in [0.15, 0.2) is 48.7 Å². The van der Waals surface area contributed by atoms with E-state index in [9.17, 15) is 22.4 Å². The second-order valence-electron chi connectivity index (χ2n) is 10.9. The molecule has 2 aliphatic heterocycles. The number of halogens is 4. The van der Waals surface area contributed by atoms with Crippen LogP contribution in [0.5, 0.6) is 0 Å². The molecule has 1 saturated carbocycles. The van der Waals surface area contributed by atoms with Crippen LogP contribution >= 0.6 is 0 Å². The average Bonchev–Trinajstić information content (AvgIpc) is 3.62. The first-order valence-corrected chi connectivity index (χ1v) is 13.5. The Balaban J connectivity index is 1.27. The fourth-order valence-corrected chi connectivity index (χ4v) is 5.90. The minimum absolute atomic E-state index is 0.0472. The van der Waals surface area contributed by atoms with Gasteiger partial charge in [0.25, 0.3) is 0 Å². The van der Waals surface area contributed by atoms with Gasteiger partial charge in [0.05, 0.1) is 30.0 Å². The summed E-state index contributed by atoms with van der Waals surface area (Å²) in [4.78, 5) is 19.1. The quantitative estimate of drug-likeness (QED) is 0.341. The Hall–Kier alpha value is -3.56. The molecule has 1 aromatic heterocycles. The molecule has 206 valence electrons. The predicted molar refractivity (Wildman–Crippen MR) is 140 cm³/mol. The van der Waals surface area contributed by atoms with E-state index in [1.54, 1.807) is 17.0 Å². The van der Waals surface area contributed by atoms with Crippen molar-refractivity contribution in [2.45, 2.75) is 64.5 Å². The van der Waals surface area contributed by atoms with Gasteiger partial charge in [-0.1, -0.05) is 30.3 Å². The van der Waals surface area contributed by atoms with E-state index in [-0.39, 0.29) is 30.0 Å². The molecule has 3 aromatic rings. The molecule has 3 aliphatic rings. The number of aryl methyl sites for hydroxylation is 1. The van der Waals surface area contributed by atoms with Crippen molar-refractivity contribution in [1.82, 2.24) is 14.7 Å². The first kappa shape index (κ1) is 25.7. The first-order valence-electron chi connectivity index (χ1n) is 13.5. The smallest absolute Gasteiger partial charge is 0.369 e. The number of aromatic nitrogens is 2. The average molecular weight is 542 g/mol. The number of nitrogens with zero attached hydrogens (tertiary/aromatic N) is 5. The molecule has 0 radical (unpaired) electrons. The molecule has 6 nitrogen and oxygen atoms in total. The molecule has 0 unspecified atom stereocenters. The highest BCUT2D eigenvalue weighted by atomic mass is 19.4. The summed E-state index contributed by atoms with van der Waals surface area (Å²) in [5, 5.41) is 4.76. The Kier molecular flexibility index (Phi) is 6.51. The zero-order chi connectivity index (χ0) is 27.3. The number of hydrogen-bond acceptors (Lipinski definition) is 3. The van der Waals surface area contributed by atoms with Gasteiger partial charge in [-0.2, -0.15) is 18.3 Å². The number of carbonyl (C=O) groups is 1. The summed E-state index contributed by atoms with van der Waals surface area (Å²) in [6, 6.07) is 10.0. The molecule has 10 heteroatoms. The summed E-state index contributed by atoms with van der Waals surface area (Å²) in [7, 11) is 0. The topological polar surface area (TPSA) is 44.6 Å². The van der Waals surface area contributed by atoms with Crippen molar-refractivity contribution in [3.05, 3.63) is 76.9 Å². The maximum atomic E-state index is 14.6. The highest BCUT2D eigenvalue weighted by molar-refractivity contribution is 5.94. The van der Waals surface area contributed by atoms with Gasteiger partial charge in [-0.3, -0.25) is 9.58 Å². The molecule has 1 saturated heterocycles. The van der Waals surface area contributed by atoms with E-state index in [0.29, 0.717) is 55.5 Å². The van der Waals surface area contributed by atoms with Gasteiger partial charge in [0, 0.05) is 31.9 Å². The lowest BCUT2D eigenvalue weighted by atomic mass is 10.00. The zero-order valence-corrected chi connectivity index (χ0v) is 21.8. The number of anilines is 2. The Bertz CT molecular complexity index is 1350. The fourth-order valence-electron chi connectivity index (χ4n) is 5.90. The molecular formula is C29H31F4N5O. The molecule has 0 spiro atoms. The lowest BCUT2D eigenvalue weighted by molar-refractivity contribution is -0.138. The molecular weight excluding hydrogens is 510 g/mol. The van der Waals surface area contributed by atoms with Crippen LogP contribution in [0.4, 0.5) is 33.7 Å². The maximum absolute atomic E-state index is 14.6. The van der Waals surface area contributed by atoms with Crippen molar-refractivity contribution in [2.75, 3.05) is 22.9 Å². The van der Waals surface area contributed by atoms with E-state index in [2.05, 4.69) is 0 Å². The molecule has 6 rings (SSSR count). The van der Waals surface area contributed by atoms with Crippen LogP contribution in [0.25, 0.3) is 0 Å². The van der Waals surface area contributed by atoms with Crippen LogP contribution in [-0.2, 0) is 25.8 Å². The highest BCUT2D eigenvalue weighted by Gasteiger charge is 2.40. The van der Waals surface area contributed by atoms with Crippen LogP contribution in [0.1, 0.15) is 48.1 Å². The van der Waals surface area contributed by atoms with Gasteiger partial charge in [-0.05, 0) is 61.8 Å². The molecule has 0 N–H and O–H groups in total. The van der Waals surface area contributed by atoms with Gasteiger partial charge in [0.1, 0.15) is 11.5 Å². The zero-order valence-electron chi connectivity index (χ0n) is 21.8. The number of piperidine rings is 1. The standard InChI is InChI=1S/C29H31F4N5O/c1-19-5-4-8-24(30)27(19)35-13-11-22(12-14-35)37-17-25-26(18-36(34-25)15-20-9-10-20)38(28(37)39)16-21-6-2-3-7-23(21)29(31,32)33/h2-8,18,20,22H,9-17H2,1H3. The van der Waals surface area contributed by atoms with E-state index in [0.717, 1.165) is 31.0 Å². The number of benzene rings is 2. The summed E-state index contributed by atoms with van der Waals surface area (Å²) in [5.41, 5.74) is 2.04. The van der Waals surface area contributed by atoms with E-state index < -0.39 is 11.7 Å². The van der Waals surface area contributed by atoms with Crippen LogP contribution in [0.3, 0.4) is 0 Å². The number of alkyl halides is 3. The third-order valence-corrected chi connectivity index (χ3v) is 8.11. The number of urea groups is 1. The Morgan fingerprint density at radius 2 is 1.74 bits per heavy atom. The third kappa shape index (κ3) is 5.08. The van der Waals surface area contributed by atoms with E-state index in [4.69, 9.17) is 5.10 Å². The number of hydrogen-bond donors (Lipinski definition) is 0. The normalized spacial score (nSPS) is 18.6. The third-order valence-electron chi connectivity index (χ3n) is 8.11.